The normalized spacial score (nSPS) is 19.9. The van der Waals surface area contributed by atoms with Gasteiger partial charge in [-0.25, -0.2) is 0 Å². The van der Waals surface area contributed by atoms with Crippen molar-refractivity contribution >= 4 is 0 Å². The fourth-order valence-electron chi connectivity index (χ4n) is 1.87. The zero-order valence-electron chi connectivity index (χ0n) is 11.0. The molecule has 0 aliphatic carbocycles. The molecule has 0 saturated heterocycles. The lowest BCUT2D eigenvalue weighted by molar-refractivity contribution is -0.0973. The molecule has 3 atom stereocenters. The van der Waals surface area contributed by atoms with E-state index in [1.807, 2.05) is 13.8 Å². The number of hydrogen-bond acceptors (Lipinski definition) is 4. The minimum Gasteiger partial charge on any atom is -0.388 e. The average Bonchev–Trinajstić information content (AvgIpc) is 2.12. The Bertz CT molecular complexity index is 193. The summed E-state index contributed by atoms with van der Waals surface area (Å²) in [6.07, 6.45) is 0.974. The van der Waals surface area contributed by atoms with Gasteiger partial charge >= 0.3 is 0 Å². The van der Waals surface area contributed by atoms with Crippen molar-refractivity contribution in [2.24, 2.45) is 23.3 Å². The Labute approximate surface area is 99.0 Å². The van der Waals surface area contributed by atoms with Crippen molar-refractivity contribution in [1.29, 1.82) is 0 Å². The maximum atomic E-state index is 9.91. The molecule has 0 heterocycles. The molecule has 4 heteroatoms. The first-order valence-corrected chi connectivity index (χ1v) is 6.11. The van der Waals surface area contributed by atoms with Gasteiger partial charge in [-0.3, -0.25) is 0 Å². The van der Waals surface area contributed by atoms with Gasteiger partial charge in [0.25, 0.3) is 0 Å². The highest BCUT2D eigenvalue weighted by atomic mass is 16.4. The second kappa shape index (κ2) is 6.55. The predicted octanol–water partition coefficient (Wildman–Crippen LogP) is 0.804. The van der Waals surface area contributed by atoms with Gasteiger partial charge in [0.2, 0.25) is 0 Å². The summed E-state index contributed by atoms with van der Waals surface area (Å²) in [6.45, 7) is 7.88. The molecule has 0 bridgehead atoms. The Balaban J connectivity index is 4.07. The molecular formula is C12H28N2O2. The highest BCUT2D eigenvalue weighted by Crippen LogP contribution is 2.19. The third kappa shape index (κ3) is 5.80. The van der Waals surface area contributed by atoms with E-state index in [2.05, 4.69) is 13.8 Å². The zero-order chi connectivity index (χ0) is 12.9. The smallest absolute Gasteiger partial charge is 0.139 e. The SMILES string of the molecule is CC(C)C[C@@H](N)CC[C@](N)(O)C(O)C(C)C. The maximum Gasteiger partial charge on any atom is 0.139 e. The van der Waals surface area contributed by atoms with Crippen LogP contribution in [0.25, 0.3) is 0 Å². The Morgan fingerprint density at radius 2 is 1.69 bits per heavy atom. The molecule has 0 spiro atoms. The average molecular weight is 232 g/mol. The van der Waals surface area contributed by atoms with E-state index in [-0.39, 0.29) is 12.0 Å². The number of aliphatic hydroxyl groups is 2. The molecule has 16 heavy (non-hydrogen) atoms. The molecule has 6 N–H and O–H groups in total. The van der Waals surface area contributed by atoms with Crippen LogP contribution in [0.5, 0.6) is 0 Å². The third-order valence-electron chi connectivity index (χ3n) is 2.83. The van der Waals surface area contributed by atoms with Crippen LogP contribution in [0.3, 0.4) is 0 Å². The van der Waals surface area contributed by atoms with Gasteiger partial charge in [0.1, 0.15) is 5.72 Å². The summed E-state index contributed by atoms with van der Waals surface area (Å²) in [6, 6.07) is 0.0365. The van der Waals surface area contributed by atoms with Gasteiger partial charge in [-0.2, -0.15) is 0 Å². The Morgan fingerprint density at radius 3 is 2.06 bits per heavy atom. The van der Waals surface area contributed by atoms with Crippen molar-refractivity contribution in [2.45, 2.75) is 64.8 Å². The van der Waals surface area contributed by atoms with Gasteiger partial charge in [-0.1, -0.05) is 27.7 Å². The van der Waals surface area contributed by atoms with E-state index in [4.69, 9.17) is 11.5 Å². The fraction of sp³-hybridized carbons (Fsp3) is 1.00. The summed E-state index contributed by atoms with van der Waals surface area (Å²) < 4.78 is 0. The number of nitrogens with two attached hydrogens (primary N) is 2. The molecular weight excluding hydrogens is 204 g/mol. The van der Waals surface area contributed by atoms with Crippen LogP contribution in [0.4, 0.5) is 0 Å². The van der Waals surface area contributed by atoms with E-state index in [1.165, 1.54) is 0 Å². The summed E-state index contributed by atoms with van der Waals surface area (Å²) in [7, 11) is 0. The van der Waals surface area contributed by atoms with E-state index < -0.39 is 11.8 Å². The maximum absolute atomic E-state index is 9.91. The second-order valence-corrected chi connectivity index (χ2v) is 5.61. The van der Waals surface area contributed by atoms with Crippen LogP contribution in [0.2, 0.25) is 0 Å². The predicted molar refractivity (Wildman–Crippen MR) is 66.6 cm³/mol. The van der Waals surface area contributed by atoms with Crippen LogP contribution in [-0.2, 0) is 0 Å². The minimum absolute atomic E-state index is 0.0365. The molecule has 0 aromatic rings. The lowest BCUT2D eigenvalue weighted by atomic mass is 9.90. The van der Waals surface area contributed by atoms with Crippen LogP contribution in [0.15, 0.2) is 0 Å². The van der Waals surface area contributed by atoms with Crippen molar-refractivity contribution in [2.75, 3.05) is 0 Å². The molecule has 0 saturated carbocycles. The van der Waals surface area contributed by atoms with Gasteiger partial charge in [-0.15, -0.1) is 0 Å². The van der Waals surface area contributed by atoms with Gasteiger partial charge in [0, 0.05) is 6.04 Å². The molecule has 98 valence electrons. The van der Waals surface area contributed by atoms with Crippen LogP contribution in [-0.4, -0.2) is 28.1 Å². The van der Waals surface area contributed by atoms with E-state index in [0.29, 0.717) is 18.8 Å². The largest absolute Gasteiger partial charge is 0.388 e. The zero-order valence-corrected chi connectivity index (χ0v) is 11.0. The number of rotatable bonds is 7. The van der Waals surface area contributed by atoms with Crippen molar-refractivity contribution in [3.8, 4) is 0 Å². The molecule has 0 fully saturated rings. The standard InChI is InChI=1S/C12H28N2O2/c1-8(2)7-10(13)5-6-12(14,16)11(15)9(3)4/h8-11,15-16H,5-7,13-14H2,1-4H3/t10-,11?,12-/m0/s1. The molecule has 0 radical (unpaired) electrons. The summed E-state index contributed by atoms with van der Waals surface area (Å²) >= 11 is 0. The van der Waals surface area contributed by atoms with Crippen LogP contribution < -0.4 is 11.5 Å². The first-order valence-electron chi connectivity index (χ1n) is 6.11. The van der Waals surface area contributed by atoms with Crippen LogP contribution in [0.1, 0.15) is 47.0 Å². The molecule has 0 rings (SSSR count). The van der Waals surface area contributed by atoms with Crippen molar-refractivity contribution < 1.29 is 10.2 Å². The lowest BCUT2D eigenvalue weighted by Crippen LogP contribution is -2.53. The van der Waals surface area contributed by atoms with Crippen molar-refractivity contribution in [1.82, 2.24) is 0 Å². The lowest BCUT2D eigenvalue weighted by Gasteiger charge is -2.32. The monoisotopic (exact) mass is 232 g/mol. The third-order valence-corrected chi connectivity index (χ3v) is 2.83. The van der Waals surface area contributed by atoms with Gasteiger partial charge < -0.3 is 21.7 Å². The molecule has 0 aliphatic heterocycles. The quantitative estimate of drug-likeness (QED) is 0.489. The molecule has 0 amide bonds. The molecule has 0 aromatic heterocycles. The fourth-order valence-corrected chi connectivity index (χ4v) is 1.87. The highest BCUT2D eigenvalue weighted by Gasteiger charge is 2.33. The first-order chi connectivity index (χ1) is 7.16. The summed E-state index contributed by atoms with van der Waals surface area (Å²) in [5.74, 6) is 0.479. The minimum atomic E-state index is -1.53. The Hall–Kier alpha value is -0.160. The summed E-state index contributed by atoms with van der Waals surface area (Å²) in [5.41, 5.74) is 10.1. The van der Waals surface area contributed by atoms with Crippen molar-refractivity contribution in [3.05, 3.63) is 0 Å². The van der Waals surface area contributed by atoms with E-state index in [9.17, 15) is 10.2 Å². The topological polar surface area (TPSA) is 92.5 Å². The summed E-state index contributed by atoms with van der Waals surface area (Å²) in [5, 5.41) is 19.6. The van der Waals surface area contributed by atoms with E-state index in [0.717, 1.165) is 6.42 Å². The summed E-state index contributed by atoms with van der Waals surface area (Å²) in [4.78, 5) is 0. The Morgan fingerprint density at radius 1 is 1.19 bits per heavy atom. The second-order valence-electron chi connectivity index (χ2n) is 5.61. The number of aliphatic hydroxyl groups excluding tert-OH is 1. The molecule has 0 aromatic carbocycles. The van der Waals surface area contributed by atoms with Gasteiger partial charge in [0.15, 0.2) is 0 Å². The molecule has 1 unspecified atom stereocenters. The van der Waals surface area contributed by atoms with E-state index in [1.54, 1.807) is 0 Å². The number of hydrogen-bond donors (Lipinski definition) is 4. The van der Waals surface area contributed by atoms with Crippen molar-refractivity contribution in [3.63, 3.8) is 0 Å². The molecule has 0 aliphatic rings. The highest BCUT2D eigenvalue weighted by molar-refractivity contribution is 4.83. The van der Waals surface area contributed by atoms with Gasteiger partial charge in [0.05, 0.1) is 6.10 Å². The Kier molecular flexibility index (Phi) is 6.48. The van der Waals surface area contributed by atoms with E-state index >= 15 is 0 Å². The molecule has 4 nitrogen and oxygen atoms in total. The first kappa shape index (κ1) is 15.8. The van der Waals surface area contributed by atoms with Crippen LogP contribution >= 0.6 is 0 Å². The van der Waals surface area contributed by atoms with Crippen LogP contribution in [0, 0.1) is 11.8 Å². The van der Waals surface area contributed by atoms with Gasteiger partial charge in [-0.05, 0) is 31.1 Å².